The number of piperidine rings is 2. The van der Waals surface area contributed by atoms with Crippen molar-refractivity contribution in [1.82, 2.24) is 4.90 Å². The molecule has 1 aromatic carbocycles. The van der Waals surface area contributed by atoms with Gasteiger partial charge >= 0.3 is 11.9 Å². The number of ketones is 1. The molecule has 5 saturated heterocycles. The van der Waals surface area contributed by atoms with Crippen molar-refractivity contribution in [3.05, 3.63) is 46.0 Å². The zero-order valence-electron chi connectivity index (χ0n) is 32.4. The van der Waals surface area contributed by atoms with Crippen LogP contribution < -0.4 is 10.6 Å². The molecule has 1 aromatic rings. The number of esters is 2. The Morgan fingerprint density at radius 1 is 1.00 bits per heavy atom. The van der Waals surface area contributed by atoms with Crippen LogP contribution in [0.5, 0.6) is 0 Å². The lowest BCUT2D eigenvalue weighted by Gasteiger charge is -2.72. The molecule has 10 bridgehead atoms. The predicted molar refractivity (Wildman–Crippen MR) is 201 cm³/mol. The summed E-state index contributed by atoms with van der Waals surface area (Å²) in [6, 6.07) is 6.93. The number of aryl methyl sites for hydroxylation is 1. The first-order valence-electron chi connectivity index (χ1n) is 21.9. The van der Waals surface area contributed by atoms with Crippen molar-refractivity contribution in [3.63, 3.8) is 0 Å². The fourth-order valence-electron chi connectivity index (χ4n) is 15.7. The van der Waals surface area contributed by atoms with Gasteiger partial charge in [0.1, 0.15) is 5.41 Å². The summed E-state index contributed by atoms with van der Waals surface area (Å²) in [7, 11) is 0. The predicted octanol–water partition coefficient (Wildman–Crippen LogP) is 5.16. The maximum absolute atomic E-state index is 15.4. The average molecular weight is 725 g/mol. The van der Waals surface area contributed by atoms with Crippen LogP contribution in [0.15, 0.2) is 29.3 Å². The Labute approximate surface area is 315 Å². The second-order valence-electron chi connectivity index (χ2n) is 19.3. The summed E-state index contributed by atoms with van der Waals surface area (Å²) >= 11 is 0. The molecule has 8 nitrogen and oxygen atoms in total. The van der Waals surface area contributed by atoms with Crippen molar-refractivity contribution in [3.8, 4) is 0 Å². The van der Waals surface area contributed by atoms with Gasteiger partial charge in [-0.3, -0.25) is 14.5 Å². The Morgan fingerprint density at radius 2 is 1.79 bits per heavy atom. The van der Waals surface area contributed by atoms with Crippen molar-refractivity contribution < 1.29 is 28.8 Å². The topological polar surface area (TPSA) is 103 Å². The number of carbonyl (C=O) groups excluding carboxylic acids is 3. The zero-order chi connectivity index (χ0) is 36.4. The molecule has 12 atom stereocenters. The van der Waals surface area contributed by atoms with E-state index in [2.05, 4.69) is 37.8 Å². The van der Waals surface area contributed by atoms with Crippen molar-refractivity contribution >= 4 is 17.7 Å². The van der Waals surface area contributed by atoms with E-state index in [0.717, 1.165) is 75.6 Å². The number of benzene rings is 1. The van der Waals surface area contributed by atoms with Gasteiger partial charge in [-0.1, -0.05) is 63.0 Å². The van der Waals surface area contributed by atoms with E-state index in [9.17, 15) is 4.79 Å². The van der Waals surface area contributed by atoms with Crippen LogP contribution in [-0.2, 0) is 31.1 Å². The molecule has 12 aliphatic rings. The molecule has 4 aliphatic carbocycles. The molecular weight excluding hydrogens is 663 g/mol. The third-order valence-corrected chi connectivity index (χ3v) is 17.1. The first-order chi connectivity index (χ1) is 25.7. The summed E-state index contributed by atoms with van der Waals surface area (Å²) in [5, 5.41) is 0. The Kier molecular flexibility index (Phi) is 8.22. The minimum atomic E-state index is -1.07. The second-order valence-corrected chi connectivity index (χ2v) is 19.3. The molecule has 8 heteroatoms. The third-order valence-electron chi connectivity index (χ3n) is 17.1. The molecule has 0 aromatic heterocycles. The molecule has 2 spiro atoms. The molecular formula is C45H62N3O5+. The van der Waals surface area contributed by atoms with E-state index < -0.39 is 22.5 Å². The Morgan fingerprint density at radius 3 is 2.55 bits per heavy atom. The van der Waals surface area contributed by atoms with Gasteiger partial charge in [0.05, 0.1) is 30.1 Å². The van der Waals surface area contributed by atoms with Crippen LogP contribution in [0.25, 0.3) is 0 Å². The molecule has 12 unspecified atom stereocenters. The number of hydrogen-bond donors (Lipinski definition) is 2. The van der Waals surface area contributed by atoms with E-state index in [1.807, 2.05) is 11.0 Å². The van der Waals surface area contributed by atoms with Crippen LogP contribution in [0.4, 0.5) is 0 Å². The molecule has 0 radical (unpaired) electrons. The van der Waals surface area contributed by atoms with E-state index in [1.54, 1.807) is 5.57 Å². The Hall–Kier alpha value is -2.55. The largest absolute Gasteiger partial charge is 0.453 e. The standard InChI is InChI=1S/C45H61N3O5/c1-4-8-30-21-36(49)40-43-18-17-32-33(15-14-31-26(3)13-16-35(39(31)32)48-24-27-20-28(25-48)23-47(30)22-27)44(43,42(51)52-40)37(9-5-2)45(43)34-12-6-10-29(11-7-19-46)38(34)41(50)53-45/h6,10,12,26-28,30-31,35,37,39-40H,4-5,7-9,11,13-25,46H2,1-3H3/p+1. The molecule has 53 heavy (non-hydrogen) atoms. The molecule has 8 aliphatic heterocycles. The van der Waals surface area contributed by atoms with Gasteiger partial charge < -0.3 is 20.1 Å². The van der Waals surface area contributed by atoms with Crippen molar-refractivity contribution in [2.24, 2.45) is 52.1 Å². The van der Waals surface area contributed by atoms with E-state index in [-0.39, 0.29) is 29.7 Å². The number of fused-ring (bicyclic) bond motifs is 2. The Balaban J connectivity index is 1.22. The maximum Gasteiger partial charge on any atom is 0.339 e. The van der Waals surface area contributed by atoms with E-state index in [1.165, 1.54) is 37.9 Å². The molecule has 0 amide bonds. The summed E-state index contributed by atoms with van der Waals surface area (Å²) in [5.74, 6) is 2.43. The SMILES string of the molecule is CCCC1CC(=O)C2OC(=O)C34C5=C(CCC23C2(OC(=O)c3c(CCCN)cccc32)C4CCC)C2C(CC5)C(C)CCC2[NH+]2CC3CC(CN1C3)C2. The van der Waals surface area contributed by atoms with Crippen LogP contribution in [0.1, 0.15) is 126 Å². The number of rotatable bonds is 7. The summed E-state index contributed by atoms with van der Waals surface area (Å²) in [6.45, 7) is 12.1. The zero-order valence-corrected chi connectivity index (χ0v) is 32.4. The minimum absolute atomic E-state index is 0.0524. The highest BCUT2D eigenvalue weighted by Crippen LogP contribution is 2.86. The van der Waals surface area contributed by atoms with E-state index in [0.29, 0.717) is 67.0 Å². The number of hydrogen-bond acceptors (Lipinski definition) is 7. The third kappa shape index (κ3) is 4.32. The van der Waals surface area contributed by atoms with Gasteiger partial charge in [-0.2, -0.15) is 0 Å². The molecule has 3 N–H and O–H groups in total. The molecule has 286 valence electrons. The summed E-state index contributed by atoms with van der Waals surface area (Å²) in [5.41, 5.74) is 8.43. The lowest BCUT2D eigenvalue weighted by atomic mass is 9.27. The number of nitrogens with zero attached hydrogens (tertiary/aromatic N) is 1. The van der Waals surface area contributed by atoms with Crippen molar-refractivity contribution in [1.29, 1.82) is 0 Å². The van der Waals surface area contributed by atoms with Gasteiger partial charge in [-0.05, 0) is 88.2 Å². The average Bonchev–Trinajstić information content (AvgIpc) is 3.61. The molecule has 7 fully saturated rings. The van der Waals surface area contributed by atoms with Crippen LogP contribution >= 0.6 is 0 Å². The lowest BCUT2D eigenvalue weighted by molar-refractivity contribution is -0.943. The summed E-state index contributed by atoms with van der Waals surface area (Å²) < 4.78 is 13.7. The van der Waals surface area contributed by atoms with Crippen LogP contribution in [0.3, 0.4) is 0 Å². The smallest absolute Gasteiger partial charge is 0.339 e. The highest BCUT2D eigenvalue weighted by Gasteiger charge is 2.94. The monoisotopic (exact) mass is 724 g/mol. The lowest BCUT2D eigenvalue weighted by Crippen LogP contribution is -3.19. The molecule has 13 rings (SSSR count). The number of quaternary nitrogens is 1. The first-order valence-corrected chi connectivity index (χ1v) is 21.9. The minimum Gasteiger partial charge on any atom is -0.453 e. The van der Waals surface area contributed by atoms with Crippen LogP contribution in [-0.4, -0.2) is 73.5 Å². The summed E-state index contributed by atoms with van der Waals surface area (Å²) in [6.07, 6.45) is 11.9. The van der Waals surface area contributed by atoms with Gasteiger partial charge in [-0.25, -0.2) is 4.79 Å². The number of carbonyl (C=O) groups is 3. The number of Topliss-reactive ketones (excluding diaryl/α,β-unsaturated/α-hetero) is 1. The Bertz CT molecular complexity index is 1740. The highest BCUT2D eigenvalue weighted by atomic mass is 16.6. The van der Waals surface area contributed by atoms with Crippen molar-refractivity contribution in [2.45, 2.75) is 134 Å². The van der Waals surface area contributed by atoms with Gasteiger partial charge in [0, 0.05) is 61.2 Å². The first kappa shape index (κ1) is 34.9. The van der Waals surface area contributed by atoms with Gasteiger partial charge in [-0.15, -0.1) is 0 Å². The van der Waals surface area contributed by atoms with E-state index in [4.69, 9.17) is 15.2 Å². The molecule has 8 heterocycles. The van der Waals surface area contributed by atoms with Crippen LogP contribution in [0, 0.1) is 46.3 Å². The quantitative estimate of drug-likeness (QED) is 0.296. The second kappa shape index (κ2) is 12.5. The number of nitrogens with one attached hydrogen (secondary N) is 1. The van der Waals surface area contributed by atoms with Gasteiger partial charge in [0.2, 0.25) is 0 Å². The number of nitrogens with two attached hydrogens (primary N) is 1. The van der Waals surface area contributed by atoms with E-state index >= 15 is 9.59 Å². The van der Waals surface area contributed by atoms with Crippen LogP contribution in [0.2, 0.25) is 0 Å². The maximum atomic E-state index is 15.4. The van der Waals surface area contributed by atoms with Crippen molar-refractivity contribution in [2.75, 3.05) is 32.7 Å². The summed E-state index contributed by atoms with van der Waals surface area (Å²) in [4.78, 5) is 49.7. The fraction of sp³-hybridized carbons (Fsp3) is 0.756. The number of ether oxygens (including phenoxy) is 2. The normalized spacial score (nSPS) is 46.1. The molecule has 2 saturated carbocycles. The van der Waals surface area contributed by atoms with Gasteiger partial charge in [0.15, 0.2) is 17.5 Å². The van der Waals surface area contributed by atoms with Gasteiger partial charge in [0.25, 0.3) is 0 Å². The fourth-order valence-corrected chi connectivity index (χ4v) is 15.7. The highest BCUT2D eigenvalue weighted by molar-refractivity contribution is 6.02.